The van der Waals surface area contributed by atoms with Gasteiger partial charge in [-0.2, -0.15) is 5.10 Å². The van der Waals surface area contributed by atoms with Gasteiger partial charge < -0.3 is 9.52 Å². The second-order valence-corrected chi connectivity index (χ2v) is 6.29. The van der Waals surface area contributed by atoms with Crippen LogP contribution in [0.25, 0.3) is 0 Å². The Kier molecular flexibility index (Phi) is 3.70. The van der Waals surface area contributed by atoms with Gasteiger partial charge in [0.25, 0.3) is 10.0 Å². The topological polar surface area (TPSA) is 108 Å². The molecule has 9 heteroatoms. The summed E-state index contributed by atoms with van der Waals surface area (Å²) in [6, 6.07) is 1.26. The fraction of sp³-hybridized carbons (Fsp3) is 0.300. The summed E-state index contributed by atoms with van der Waals surface area (Å²) in [4.78, 5) is -0.0726. The van der Waals surface area contributed by atoms with Gasteiger partial charge in [0.2, 0.25) is 0 Å². The lowest BCUT2D eigenvalue weighted by atomic mass is 10.3. The van der Waals surface area contributed by atoms with E-state index >= 15 is 0 Å². The van der Waals surface area contributed by atoms with Crippen LogP contribution in [0.3, 0.4) is 0 Å². The SMILES string of the molecule is Cc1n[nH]c(C)c1NS(=O)(=O)c1cc(CO)oc1Br. The molecule has 3 N–H and O–H groups in total. The highest BCUT2D eigenvalue weighted by atomic mass is 79.9. The van der Waals surface area contributed by atoms with E-state index in [2.05, 4.69) is 30.8 Å². The average molecular weight is 350 g/mol. The van der Waals surface area contributed by atoms with Crippen molar-refractivity contribution < 1.29 is 17.9 Å². The number of rotatable bonds is 4. The third kappa shape index (κ3) is 2.67. The van der Waals surface area contributed by atoms with Crippen LogP contribution in [-0.4, -0.2) is 23.7 Å². The maximum atomic E-state index is 12.2. The van der Waals surface area contributed by atoms with Crippen molar-refractivity contribution in [1.29, 1.82) is 0 Å². The van der Waals surface area contributed by atoms with Gasteiger partial charge in [0, 0.05) is 6.07 Å². The molecule has 0 amide bonds. The third-order valence-electron chi connectivity index (χ3n) is 2.52. The summed E-state index contributed by atoms with van der Waals surface area (Å²) in [7, 11) is -3.81. The van der Waals surface area contributed by atoms with E-state index in [1.807, 2.05) is 0 Å². The number of aromatic amines is 1. The number of nitrogens with zero attached hydrogens (tertiary/aromatic N) is 1. The largest absolute Gasteiger partial charge is 0.450 e. The van der Waals surface area contributed by atoms with Crippen LogP contribution >= 0.6 is 15.9 Å². The second-order valence-electron chi connectivity index (χ2n) is 3.92. The first-order valence-corrected chi connectivity index (χ1v) is 7.56. The van der Waals surface area contributed by atoms with Crippen LogP contribution in [0.4, 0.5) is 5.69 Å². The van der Waals surface area contributed by atoms with E-state index < -0.39 is 10.0 Å². The van der Waals surface area contributed by atoms with Crippen molar-refractivity contribution in [3.63, 3.8) is 0 Å². The number of sulfonamides is 1. The highest BCUT2D eigenvalue weighted by Crippen LogP contribution is 2.29. The van der Waals surface area contributed by atoms with E-state index in [1.165, 1.54) is 6.07 Å². The zero-order valence-electron chi connectivity index (χ0n) is 10.2. The lowest BCUT2D eigenvalue weighted by Gasteiger charge is -2.06. The number of anilines is 1. The molecule has 0 aliphatic rings. The second kappa shape index (κ2) is 4.99. The lowest BCUT2D eigenvalue weighted by Crippen LogP contribution is -2.13. The minimum atomic E-state index is -3.81. The molecule has 2 rings (SSSR count). The number of aliphatic hydroxyl groups excluding tert-OH is 1. The van der Waals surface area contributed by atoms with Gasteiger partial charge in [-0.15, -0.1) is 0 Å². The first-order valence-electron chi connectivity index (χ1n) is 5.28. The molecule has 2 aromatic rings. The molecule has 2 aromatic heterocycles. The molecule has 0 aromatic carbocycles. The first-order chi connectivity index (χ1) is 8.85. The van der Waals surface area contributed by atoms with Gasteiger partial charge in [-0.1, -0.05) is 0 Å². The van der Waals surface area contributed by atoms with Crippen molar-refractivity contribution in [2.45, 2.75) is 25.3 Å². The molecule has 0 aliphatic heterocycles. The van der Waals surface area contributed by atoms with Gasteiger partial charge >= 0.3 is 0 Å². The van der Waals surface area contributed by atoms with Gasteiger partial charge in [0.1, 0.15) is 17.3 Å². The molecular weight excluding hydrogens is 338 g/mol. The van der Waals surface area contributed by atoms with Crippen molar-refractivity contribution in [3.8, 4) is 0 Å². The zero-order valence-corrected chi connectivity index (χ0v) is 12.6. The predicted octanol–water partition coefficient (Wildman–Crippen LogP) is 1.68. The summed E-state index contributed by atoms with van der Waals surface area (Å²) < 4.78 is 32.0. The van der Waals surface area contributed by atoms with Crippen molar-refractivity contribution in [3.05, 3.63) is 27.9 Å². The smallest absolute Gasteiger partial charge is 0.266 e. The molecule has 0 saturated heterocycles. The minimum Gasteiger partial charge on any atom is -0.450 e. The van der Waals surface area contributed by atoms with Crippen LogP contribution in [-0.2, 0) is 16.6 Å². The van der Waals surface area contributed by atoms with E-state index in [0.29, 0.717) is 17.1 Å². The Hall–Kier alpha value is -1.32. The molecule has 0 fully saturated rings. The molecule has 0 bridgehead atoms. The molecule has 2 heterocycles. The minimum absolute atomic E-state index is 0.0443. The molecule has 0 saturated carbocycles. The predicted molar refractivity (Wildman–Crippen MR) is 71.2 cm³/mol. The van der Waals surface area contributed by atoms with Crippen LogP contribution < -0.4 is 4.72 Å². The highest BCUT2D eigenvalue weighted by molar-refractivity contribution is 9.10. The summed E-state index contributed by atoms with van der Waals surface area (Å²) in [6.45, 7) is 3.02. The fourth-order valence-corrected chi connectivity index (χ4v) is 3.73. The van der Waals surface area contributed by atoms with Crippen LogP contribution in [0.2, 0.25) is 0 Å². The molecule has 0 radical (unpaired) electrons. The fourth-order valence-electron chi connectivity index (χ4n) is 1.55. The summed E-state index contributed by atoms with van der Waals surface area (Å²) in [6.07, 6.45) is 0. The van der Waals surface area contributed by atoms with Crippen LogP contribution in [0.15, 0.2) is 20.0 Å². The number of nitrogens with one attached hydrogen (secondary N) is 2. The molecular formula is C10H12BrN3O4S. The number of hydrogen-bond acceptors (Lipinski definition) is 5. The van der Waals surface area contributed by atoms with Gasteiger partial charge in [0.15, 0.2) is 4.67 Å². The van der Waals surface area contributed by atoms with Gasteiger partial charge in [-0.05, 0) is 29.8 Å². The first kappa shape index (κ1) is 14.1. The van der Waals surface area contributed by atoms with E-state index in [-0.39, 0.29) is 21.9 Å². The molecule has 0 aliphatic carbocycles. The van der Waals surface area contributed by atoms with Crippen molar-refractivity contribution in [2.75, 3.05) is 4.72 Å². The Labute approximate surface area is 118 Å². The van der Waals surface area contributed by atoms with Crippen LogP contribution in [0.1, 0.15) is 17.1 Å². The number of aryl methyl sites for hydroxylation is 2. The molecule has 19 heavy (non-hydrogen) atoms. The zero-order chi connectivity index (χ0) is 14.2. The Morgan fingerprint density at radius 3 is 2.68 bits per heavy atom. The average Bonchev–Trinajstić information content (AvgIpc) is 2.87. The summed E-state index contributed by atoms with van der Waals surface area (Å²) in [5, 5.41) is 15.5. The summed E-state index contributed by atoms with van der Waals surface area (Å²) in [5.41, 5.74) is 1.56. The maximum absolute atomic E-state index is 12.2. The highest BCUT2D eigenvalue weighted by Gasteiger charge is 2.24. The standard InChI is InChI=1S/C10H12BrN3O4S/c1-5-9(6(2)13-12-5)14-19(16,17)8-3-7(4-15)18-10(8)11/h3,14-15H,4H2,1-2H3,(H,12,13). The van der Waals surface area contributed by atoms with E-state index in [1.54, 1.807) is 13.8 Å². The number of halogens is 1. The number of aliphatic hydroxyl groups is 1. The number of furan rings is 1. The number of hydrogen-bond donors (Lipinski definition) is 3. The molecule has 0 spiro atoms. The Morgan fingerprint density at radius 2 is 2.21 bits per heavy atom. The van der Waals surface area contributed by atoms with E-state index in [4.69, 9.17) is 9.52 Å². The lowest BCUT2D eigenvalue weighted by molar-refractivity contribution is 0.245. The quantitative estimate of drug-likeness (QED) is 0.777. The number of aromatic nitrogens is 2. The van der Waals surface area contributed by atoms with Crippen molar-refractivity contribution in [1.82, 2.24) is 10.2 Å². The Bertz CT molecular complexity index is 685. The molecule has 0 unspecified atom stereocenters. The van der Waals surface area contributed by atoms with E-state index in [9.17, 15) is 8.42 Å². The Morgan fingerprint density at radius 1 is 1.53 bits per heavy atom. The van der Waals surface area contributed by atoms with Gasteiger partial charge in [-0.3, -0.25) is 9.82 Å². The molecule has 104 valence electrons. The monoisotopic (exact) mass is 349 g/mol. The van der Waals surface area contributed by atoms with Gasteiger partial charge in [0.05, 0.1) is 17.1 Å². The van der Waals surface area contributed by atoms with Gasteiger partial charge in [-0.25, -0.2) is 8.42 Å². The summed E-state index contributed by atoms with van der Waals surface area (Å²) in [5.74, 6) is 0.160. The van der Waals surface area contributed by atoms with E-state index in [0.717, 1.165) is 0 Å². The van der Waals surface area contributed by atoms with Crippen molar-refractivity contribution in [2.24, 2.45) is 0 Å². The van der Waals surface area contributed by atoms with Crippen molar-refractivity contribution >= 4 is 31.6 Å². The van der Waals surface area contributed by atoms with Crippen LogP contribution in [0.5, 0.6) is 0 Å². The normalized spacial score (nSPS) is 11.8. The maximum Gasteiger partial charge on any atom is 0.266 e. The third-order valence-corrected chi connectivity index (χ3v) is 4.72. The molecule has 0 atom stereocenters. The molecule has 7 nitrogen and oxygen atoms in total. The van der Waals surface area contributed by atoms with Crippen LogP contribution in [0, 0.1) is 13.8 Å². The summed E-state index contributed by atoms with van der Waals surface area (Å²) >= 11 is 3.01. The number of H-pyrrole nitrogens is 1. The Balaban J connectivity index is 2.40.